The van der Waals surface area contributed by atoms with Crippen LogP contribution in [0.2, 0.25) is 0 Å². The van der Waals surface area contributed by atoms with Gasteiger partial charge >= 0.3 is 0 Å². The number of hydrogen-bond donors (Lipinski definition) is 2. The third kappa shape index (κ3) is 4.75. The van der Waals surface area contributed by atoms with Crippen LogP contribution in [-0.2, 0) is 4.74 Å². The largest absolute Gasteiger partial charge is 0.377 e. The summed E-state index contributed by atoms with van der Waals surface area (Å²) in [6.07, 6.45) is 0.115. The fourth-order valence-corrected chi connectivity index (χ4v) is 1.45. The van der Waals surface area contributed by atoms with Gasteiger partial charge in [-0.2, -0.15) is 0 Å². The third-order valence-corrected chi connectivity index (χ3v) is 2.31. The Morgan fingerprint density at radius 3 is 2.88 bits per heavy atom. The number of carbonyl (C=O) groups is 1. The Hall–Kier alpha value is -1.07. The molecule has 0 aromatic heterocycles. The zero-order valence-corrected chi connectivity index (χ0v) is 10.8. The molecule has 0 heterocycles. The van der Waals surface area contributed by atoms with E-state index in [4.69, 9.17) is 4.74 Å². The average molecular weight is 257 g/mol. The lowest BCUT2D eigenvalue weighted by molar-refractivity contribution is 0.0745. The molecular weight excluding hydrogens is 241 g/mol. The first-order valence-corrected chi connectivity index (χ1v) is 5.83. The van der Waals surface area contributed by atoms with Crippen LogP contribution in [0, 0.1) is 5.82 Å². The molecule has 5 heteroatoms. The van der Waals surface area contributed by atoms with Gasteiger partial charge in [-0.25, -0.2) is 4.39 Å². The summed E-state index contributed by atoms with van der Waals surface area (Å²) in [6.45, 7) is 4.58. The van der Waals surface area contributed by atoms with Crippen LogP contribution in [0.4, 0.5) is 4.39 Å². The number of hydrogen-bond acceptors (Lipinski definition) is 3. The van der Waals surface area contributed by atoms with Gasteiger partial charge in [-0.15, -0.1) is 12.6 Å². The molecule has 0 fully saturated rings. The molecule has 0 atom stereocenters. The number of nitrogens with one attached hydrogen (secondary N) is 1. The molecule has 1 aromatic carbocycles. The normalized spacial score (nSPS) is 10.6. The summed E-state index contributed by atoms with van der Waals surface area (Å²) in [6, 6.07) is 4.12. The number of rotatable bonds is 5. The molecule has 1 amide bonds. The van der Waals surface area contributed by atoms with Crippen molar-refractivity contribution in [3.8, 4) is 0 Å². The van der Waals surface area contributed by atoms with Crippen molar-refractivity contribution in [3.63, 3.8) is 0 Å². The third-order valence-electron chi connectivity index (χ3n) is 2.03. The first-order valence-electron chi connectivity index (χ1n) is 5.39. The summed E-state index contributed by atoms with van der Waals surface area (Å²) in [5.74, 6) is -1.00. The predicted molar refractivity (Wildman–Crippen MR) is 67.1 cm³/mol. The SMILES string of the molecule is CC(C)OCCNC(=O)c1cc(S)ccc1F. The van der Waals surface area contributed by atoms with Gasteiger partial charge in [-0.1, -0.05) is 0 Å². The summed E-state index contributed by atoms with van der Waals surface area (Å²) in [4.78, 5) is 12.2. The van der Waals surface area contributed by atoms with Crippen LogP contribution in [0.1, 0.15) is 24.2 Å². The molecule has 0 saturated carbocycles. The van der Waals surface area contributed by atoms with Gasteiger partial charge < -0.3 is 10.1 Å². The minimum Gasteiger partial charge on any atom is -0.377 e. The van der Waals surface area contributed by atoms with Crippen molar-refractivity contribution in [1.82, 2.24) is 5.32 Å². The molecule has 0 radical (unpaired) electrons. The predicted octanol–water partition coefficient (Wildman–Crippen LogP) is 2.27. The van der Waals surface area contributed by atoms with E-state index in [1.165, 1.54) is 18.2 Å². The van der Waals surface area contributed by atoms with Crippen LogP contribution in [0.25, 0.3) is 0 Å². The van der Waals surface area contributed by atoms with E-state index < -0.39 is 11.7 Å². The maximum Gasteiger partial charge on any atom is 0.254 e. The molecule has 94 valence electrons. The molecule has 0 aliphatic rings. The molecular formula is C12H16FNO2S. The van der Waals surface area contributed by atoms with Crippen LogP contribution < -0.4 is 5.32 Å². The van der Waals surface area contributed by atoms with Crippen molar-refractivity contribution in [3.05, 3.63) is 29.6 Å². The minimum absolute atomic E-state index is 0.00190. The molecule has 0 bridgehead atoms. The fraction of sp³-hybridized carbons (Fsp3) is 0.417. The summed E-state index contributed by atoms with van der Waals surface area (Å²) >= 11 is 4.06. The molecule has 0 saturated heterocycles. The van der Waals surface area contributed by atoms with E-state index in [1.807, 2.05) is 13.8 Å². The highest BCUT2D eigenvalue weighted by atomic mass is 32.1. The van der Waals surface area contributed by atoms with Crippen LogP contribution in [-0.4, -0.2) is 25.2 Å². The molecule has 1 aromatic rings. The van der Waals surface area contributed by atoms with Crippen LogP contribution in [0.3, 0.4) is 0 Å². The number of halogens is 1. The Morgan fingerprint density at radius 1 is 1.53 bits per heavy atom. The van der Waals surface area contributed by atoms with Crippen molar-refractivity contribution in [2.24, 2.45) is 0 Å². The van der Waals surface area contributed by atoms with Gasteiger partial charge in [-0.05, 0) is 32.0 Å². The van der Waals surface area contributed by atoms with Crippen molar-refractivity contribution in [2.75, 3.05) is 13.2 Å². The zero-order valence-electron chi connectivity index (χ0n) is 9.87. The Morgan fingerprint density at radius 2 is 2.24 bits per heavy atom. The highest BCUT2D eigenvalue weighted by molar-refractivity contribution is 7.80. The molecule has 1 rings (SSSR count). The summed E-state index contributed by atoms with van der Waals surface area (Å²) in [7, 11) is 0. The second-order valence-electron chi connectivity index (χ2n) is 3.84. The number of benzene rings is 1. The topological polar surface area (TPSA) is 38.3 Å². The van der Waals surface area contributed by atoms with Crippen molar-refractivity contribution in [2.45, 2.75) is 24.8 Å². The summed E-state index contributed by atoms with van der Waals surface area (Å²) in [5.41, 5.74) is 0.00190. The monoisotopic (exact) mass is 257 g/mol. The average Bonchev–Trinajstić information content (AvgIpc) is 2.27. The molecule has 0 aliphatic carbocycles. The molecule has 17 heavy (non-hydrogen) atoms. The molecule has 0 unspecified atom stereocenters. The van der Waals surface area contributed by atoms with Crippen LogP contribution in [0.15, 0.2) is 23.1 Å². The van der Waals surface area contributed by atoms with E-state index in [9.17, 15) is 9.18 Å². The van der Waals surface area contributed by atoms with E-state index in [2.05, 4.69) is 17.9 Å². The van der Waals surface area contributed by atoms with Gasteiger partial charge in [0.25, 0.3) is 5.91 Å². The maximum absolute atomic E-state index is 13.3. The van der Waals surface area contributed by atoms with Crippen molar-refractivity contribution >= 4 is 18.5 Å². The zero-order chi connectivity index (χ0) is 12.8. The smallest absolute Gasteiger partial charge is 0.254 e. The van der Waals surface area contributed by atoms with Gasteiger partial charge in [0.1, 0.15) is 5.82 Å². The van der Waals surface area contributed by atoms with Gasteiger partial charge in [0, 0.05) is 11.4 Å². The Labute approximate surface area is 106 Å². The minimum atomic E-state index is -0.551. The van der Waals surface area contributed by atoms with Crippen LogP contribution in [0.5, 0.6) is 0 Å². The molecule has 1 N–H and O–H groups in total. The number of amides is 1. The maximum atomic E-state index is 13.3. The lowest BCUT2D eigenvalue weighted by Gasteiger charge is -2.09. The van der Waals surface area contributed by atoms with E-state index in [-0.39, 0.29) is 11.7 Å². The first-order chi connectivity index (χ1) is 8.00. The summed E-state index contributed by atoms with van der Waals surface area (Å²) < 4.78 is 18.6. The number of ether oxygens (including phenoxy) is 1. The number of carbonyl (C=O) groups excluding carboxylic acids is 1. The fourth-order valence-electron chi connectivity index (χ4n) is 1.24. The summed E-state index contributed by atoms with van der Waals surface area (Å²) in [5, 5.41) is 2.58. The van der Waals surface area contributed by atoms with E-state index >= 15 is 0 Å². The Balaban J connectivity index is 2.49. The highest BCUT2D eigenvalue weighted by Crippen LogP contribution is 2.13. The van der Waals surface area contributed by atoms with E-state index in [0.717, 1.165) is 0 Å². The Kier molecular flexibility index (Phi) is 5.44. The second-order valence-corrected chi connectivity index (χ2v) is 4.36. The van der Waals surface area contributed by atoms with Crippen LogP contribution >= 0.6 is 12.6 Å². The lowest BCUT2D eigenvalue weighted by atomic mass is 10.2. The first kappa shape index (κ1) is 14.0. The standard InChI is InChI=1S/C12H16FNO2S/c1-8(2)16-6-5-14-12(15)10-7-9(17)3-4-11(10)13/h3-4,7-8,17H,5-6H2,1-2H3,(H,14,15). The van der Waals surface area contributed by atoms with Gasteiger partial charge in [0.2, 0.25) is 0 Å². The van der Waals surface area contributed by atoms with Crippen molar-refractivity contribution < 1.29 is 13.9 Å². The molecule has 0 spiro atoms. The molecule has 3 nitrogen and oxygen atoms in total. The Bertz CT molecular complexity index is 396. The second kappa shape index (κ2) is 6.61. The number of thiol groups is 1. The van der Waals surface area contributed by atoms with Gasteiger partial charge in [0.15, 0.2) is 0 Å². The lowest BCUT2D eigenvalue weighted by Crippen LogP contribution is -2.28. The quantitative estimate of drug-likeness (QED) is 0.627. The van der Waals surface area contributed by atoms with E-state index in [1.54, 1.807) is 0 Å². The van der Waals surface area contributed by atoms with Crippen molar-refractivity contribution in [1.29, 1.82) is 0 Å². The van der Waals surface area contributed by atoms with Gasteiger partial charge in [0.05, 0.1) is 18.3 Å². The molecule has 0 aliphatic heterocycles. The highest BCUT2D eigenvalue weighted by Gasteiger charge is 2.11. The van der Waals surface area contributed by atoms with E-state index in [0.29, 0.717) is 18.0 Å². The van der Waals surface area contributed by atoms with Gasteiger partial charge in [-0.3, -0.25) is 4.79 Å².